The van der Waals surface area contributed by atoms with Crippen LogP contribution in [0, 0.1) is 17.3 Å². The molecule has 31 heavy (non-hydrogen) atoms. The van der Waals surface area contributed by atoms with E-state index in [1.165, 1.54) is 16.8 Å². The number of halogens is 3. The molecule has 2 aromatic carbocycles. The molecule has 0 spiro atoms. The van der Waals surface area contributed by atoms with Crippen LogP contribution >= 0.6 is 0 Å². The van der Waals surface area contributed by atoms with E-state index in [4.69, 9.17) is 0 Å². The Morgan fingerprint density at radius 2 is 1.71 bits per heavy atom. The van der Waals surface area contributed by atoms with E-state index in [-0.39, 0.29) is 22.8 Å². The molecular formula is C23H21F3N4O. The third kappa shape index (κ3) is 3.30. The summed E-state index contributed by atoms with van der Waals surface area (Å²) >= 11 is 0. The number of aromatic nitrogens is 3. The fourth-order valence-corrected chi connectivity index (χ4v) is 4.61. The summed E-state index contributed by atoms with van der Waals surface area (Å²) < 4.78 is 41.0. The molecule has 1 amide bonds. The first-order valence-corrected chi connectivity index (χ1v) is 10.2. The van der Waals surface area contributed by atoms with Crippen LogP contribution in [0.4, 0.5) is 13.2 Å². The molecule has 0 bridgehead atoms. The second-order valence-corrected chi connectivity index (χ2v) is 8.83. The van der Waals surface area contributed by atoms with E-state index >= 15 is 0 Å². The van der Waals surface area contributed by atoms with E-state index in [0.29, 0.717) is 36.3 Å². The number of benzene rings is 2. The molecule has 1 aliphatic carbocycles. The van der Waals surface area contributed by atoms with Crippen molar-refractivity contribution in [3.8, 4) is 17.1 Å². The van der Waals surface area contributed by atoms with E-state index in [1.54, 1.807) is 29.2 Å². The molecule has 1 aliphatic heterocycles. The molecular weight excluding hydrogens is 405 g/mol. The van der Waals surface area contributed by atoms with Crippen LogP contribution in [0.3, 0.4) is 0 Å². The first kappa shape index (κ1) is 19.8. The van der Waals surface area contributed by atoms with E-state index in [2.05, 4.69) is 23.9 Å². The monoisotopic (exact) mass is 426 g/mol. The average molecular weight is 426 g/mol. The lowest BCUT2D eigenvalue weighted by molar-refractivity contribution is -0.137. The quantitative estimate of drug-likeness (QED) is 0.611. The number of likely N-dealkylation sites (tertiary alicyclic amines) is 1. The molecule has 0 radical (unpaired) electrons. The Bertz CT molecular complexity index is 1140. The first-order valence-electron chi connectivity index (χ1n) is 10.2. The minimum atomic E-state index is -4.48. The zero-order chi connectivity index (χ0) is 22.0. The van der Waals surface area contributed by atoms with Gasteiger partial charge in [0.15, 0.2) is 5.82 Å². The van der Waals surface area contributed by atoms with Crippen molar-refractivity contribution in [3.63, 3.8) is 0 Å². The van der Waals surface area contributed by atoms with Crippen molar-refractivity contribution in [2.75, 3.05) is 13.1 Å². The number of carbonyl (C=O) groups excluding carboxylic acids is 1. The van der Waals surface area contributed by atoms with Crippen molar-refractivity contribution in [2.24, 2.45) is 17.3 Å². The molecule has 2 heterocycles. The Hall–Kier alpha value is -3.16. The predicted octanol–water partition coefficient (Wildman–Crippen LogP) is 4.68. The SMILES string of the molecule is CC1(C)C2CN(C(=O)c3nc(-c4ccccc4)n(-c4cccc(C(F)(F)F)c4)n3)CC21. The summed E-state index contributed by atoms with van der Waals surface area (Å²) in [5, 5.41) is 4.35. The van der Waals surface area contributed by atoms with Gasteiger partial charge in [0.2, 0.25) is 5.82 Å². The number of alkyl halides is 3. The summed E-state index contributed by atoms with van der Waals surface area (Å²) in [6.07, 6.45) is -4.48. The van der Waals surface area contributed by atoms with E-state index in [1.807, 2.05) is 6.07 Å². The summed E-state index contributed by atoms with van der Waals surface area (Å²) in [6, 6.07) is 13.9. The highest BCUT2D eigenvalue weighted by molar-refractivity contribution is 5.91. The van der Waals surface area contributed by atoms with Crippen LogP contribution in [0.1, 0.15) is 30.0 Å². The van der Waals surface area contributed by atoms with Crippen molar-refractivity contribution in [2.45, 2.75) is 20.0 Å². The minimum Gasteiger partial charge on any atom is -0.335 e. The number of hydrogen-bond donors (Lipinski definition) is 0. The van der Waals surface area contributed by atoms with Gasteiger partial charge in [0, 0.05) is 18.7 Å². The standard InChI is InChI=1S/C23H21F3N4O/c1-22(2)17-12-29(13-18(17)22)21(31)19-27-20(14-7-4-3-5-8-14)30(28-19)16-10-6-9-15(11-16)23(24,25)26/h3-11,17-18H,12-13H2,1-2H3. The van der Waals surface area contributed by atoms with E-state index < -0.39 is 11.7 Å². The summed E-state index contributed by atoms with van der Waals surface area (Å²) in [5.74, 6) is 1.00. The highest BCUT2D eigenvalue weighted by Gasteiger charge is 2.62. The van der Waals surface area contributed by atoms with Gasteiger partial charge < -0.3 is 4.90 Å². The molecule has 0 N–H and O–H groups in total. The van der Waals surface area contributed by atoms with Gasteiger partial charge in [-0.25, -0.2) is 9.67 Å². The maximum atomic E-state index is 13.2. The largest absolute Gasteiger partial charge is 0.416 e. The van der Waals surface area contributed by atoms with Gasteiger partial charge >= 0.3 is 6.18 Å². The molecule has 1 saturated carbocycles. The van der Waals surface area contributed by atoms with Crippen molar-refractivity contribution >= 4 is 5.91 Å². The smallest absolute Gasteiger partial charge is 0.335 e. The van der Waals surface area contributed by atoms with E-state index in [9.17, 15) is 18.0 Å². The van der Waals surface area contributed by atoms with Gasteiger partial charge in [0.1, 0.15) is 0 Å². The number of rotatable bonds is 3. The van der Waals surface area contributed by atoms with Crippen molar-refractivity contribution in [3.05, 3.63) is 66.0 Å². The average Bonchev–Trinajstić information content (AvgIpc) is 3.19. The molecule has 8 heteroatoms. The minimum absolute atomic E-state index is 0.00429. The lowest BCUT2D eigenvalue weighted by Gasteiger charge is -2.20. The summed E-state index contributed by atoms with van der Waals surface area (Å²) in [5.41, 5.74) is 0.341. The Morgan fingerprint density at radius 3 is 2.35 bits per heavy atom. The van der Waals surface area contributed by atoms with Crippen LogP contribution in [-0.4, -0.2) is 38.7 Å². The van der Waals surface area contributed by atoms with Gasteiger partial charge in [-0.1, -0.05) is 50.2 Å². The van der Waals surface area contributed by atoms with Crippen LogP contribution < -0.4 is 0 Å². The molecule has 1 aromatic heterocycles. The Balaban J connectivity index is 1.54. The molecule has 2 fully saturated rings. The third-order valence-corrected chi connectivity index (χ3v) is 6.66. The van der Waals surface area contributed by atoms with Gasteiger partial charge in [-0.3, -0.25) is 4.79 Å². The summed E-state index contributed by atoms with van der Waals surface area (Å²) in [4.78, 5) is 19.3. The number of amides is 1. The van der Waals surface area contributed by atoms with Gasteiger partial charge in [0.05, 0.1) is 11.3 Å². The molecule has 2 atom stereocenters. The van der Waals surface area contributed by atoms with Gasteiger partial charge in [-0.05, 0) is 35.4 Å². The Kier molecular flexibility index (Phi) is 4.26. The molecule has 5 rings (SSSR count). The topological polar surface area (TPSA) is 51.0 Å². The number of hydrogen-bond acceptors (Lipinski definition) is 3. The summed E-state index contributed by atoms with van der Waals surface area (Å²) in [7, 11) is 0. The Morgan fingerprint density at radius 1 is 1.03 bits per heavy atom. The van der Waals surface area contributed by atoms with Gasteiger partial charge in [0.25, 0.3) is 5.91 Å². The fourth-order valence-electron chi connectivity index (χ4n) is 4.61. The number of carbonyl (C=O) groups is 1. The van der Waals surface area contributed by atoms with Gasteiger partial charge in [-0.2, -0.15) is 13.2 Å². The van der Waals surface area contributed by atoms with Crippen molar-refractivity contribution in [1.82, 2.24) is 19.7 Å². The summed E-state index contributed by atoms with van der Waals surface area (Å²) in [6.45, 7) is 5.74. The van der Waals surface area contributed by atoms with Crippen LogP contribution in [-0.2, 0) is 6.18 Å². The maximum Gasteiger partial charge on any atom is 0.416 e. The first-order chi connectivity index (χ1) is 14.7. The fraction of sp³-hybridized carbons (Fsp3) is 0.348. The highest BCUT2D eigenvalue weighted by atomic mass is 19.4. The molecule has 2 unspecified atom stereocenters. The Labute approximate surface area is 177 Å². The van der Waals surface area contributed by atoms with Crippen LogP contribution in [0.2, 0.25) is 0 Å². The number of piperidine rings is 1. The lowest BCUT2D eigenvalue weighted by Crippen LogP contribution is -2.33. The molecule has 3 aromatic rings. The molecule has 1 saturated heterocycles. The molecule has 5 nitrogen and oxygen atoms in total. The second-order valence-electron chi connectivity index (χ2n) is 8.83. The van der Waals surface area contributed by atoms with Crippen LogP contribution in [0.25, 0.3) is 17.1 Å². The normalized spacial score (nSPS) is 21.8. The second kappa shape index (κ2) is 6.67. The lowest BCUT2D eigenvalue weighted by atomic mass is 10.1. The zero-order valence-electron chi connectivity index (χ0n) is 17.1. The molecule has 160 valence electrons. The van der Waals surface area contributed by atoms with E-state index in [0.717, 1.165) is 12.1 Å². The third-order valence-electron chi connectivity index (χ3n) is 6.66. The zero-order valence-corrected chi connectivity index (χ0v) is 17.1. The molecule has 2 aliphatic rings. The van der Waals surface area contributed by atoms with Crippen LogP contribution in [0.5, 0.6) is 0 Å². The maximum absolute atomic E-state index is 13.2. The number of fused-ring (bicyclic) bond motifs is 1. The van der Waals surface area contributed by atoms with Crippen LogP contribution in [0.15, 0.2) is 54.6 Å². The van der Waals surface area contributed by atoms with Crippen molar-refractivity contribution < 1.29 is 18.0 Å². The highest BCUT2D eigenvalue weighted by Crippen LogP contribution is 2.62. The van der Waals surface area contributed by atoms with Gasteiger partial charge in [-0.15, -0.1) is 5.10 Å². The predicted molar refractivity (Wildman–Crippen MR) is 108 cm³/mol. The number of nitrogens with zero attached hydrogens (tertiary/aromatic N) is 4. The van der Waals surface area contributed by atoms with Crippen molar-refractivity contribution in [1.29, 1.82) is 0 Å².